The van der Waals surface area contributed by atoms with Crippen LogP contribution in [0, 0.1) is 0 Å². The van der Waals surface area contributed by atoms with Gasteiger partial charge in [0.2, 0.25) is 0 Å². The summed E-state index contributed by atoms with van der Waals surface area (Å²) in [6, 6.07) is 8.09. The summed E-state index contributed by atoms with van der Waals surface area (Å²) in [4.78, 5) is 12.4. The number of allylic oxidation sites excluding steroid dienone is 2. The summed E-state index contributed by atoms with van der Waals surface area (Å²) < 4.78 is 0. The van der Waals surface area contributed by atoms with Crippen LogP contribution in [0.4, 0.5) is 5.69 Å². The zero-order valence-electron chi connectivity index (χ0n) is 7.97. The highest BCUT2D eigenvalue weighted by atomic mass is 16.1. The van der Waals surface area contributed by atoms with E-state index in [0.717, 1.165) is 17.7 Å². The second kappa shape index (κ2) is 3.50. The van der Waals surface area contributed by atoms with E-state index in [0.29, 0.717) is 0 Å². The highest BCUT2D eigenvalue weighted by molar-refractivity contribution is 5.79. The molecule has 2 nitrogen and oxygen atoms in total. The predicted octanol–water partition coefficient (Wildman–Crippen LogP) is 2.23. The van der Waals surface area contributed by atoms with E-state index < -0.39 is 0 Å². The molecule has 0 atom stereocenters. The van der Waals surface area contributed by atoms with Crippen LogP contribution in [0.25, 0.3) is 6.08 Å². The minimum Gasteiger partial charge on any atom is -0.344 e. The number of anilines is 1. The van der Waals surface area contributed by atoms with Crippen molar-refractivity contribution in [3.63, 3.8) is 0 Å². The molecule has 14 heavy (non-hydrogen) atoms. The van der Waals surface area contributed by atoms with Crippen molar-refractivity contribution in [1.29, 1.82) is 0 Å². The van der Waals surface area contributed by atoms with Crippen molar-refractivity contribution in [2.75, 3.05) is 11.9 Å². The number of fused-ring (bicyclic) bond motifs is 1. The monoisotopic (exact) mass is 185 g/mol. The van der Waals surface area contributed by atoms with Crippen LogP contribution in [0.1, 0.15) is 5.56 Å². The van der Waals surface area contributed by atoms with Crippen LogP contribution in [0.3, 0.4) is 0 Å². The normalized spacial score (nSPS) is 16.9. The molecule has 1 aliphatic rings. The molecule has 70 valence electrons. The summed E-state index contributed by atoms with van der Waals surface area (Å²) in [6.07, 6.45) is 6.33. The van der Waals surface area contributed by atoms with Crippen molar-refractivity contribution in [2.45, 2.75) is 0 Å². The van der Waals surface area contributed by atoms with Gasteiger partial charge in [-0.3, -0.25) is 4.79 Å². The van der Waals surface area contributed by atoms with Crippen molar-refractivity contribution < 1.29 is 4.79 Å². The van der Waals surface area contributed by atoms with Crippen LogP contribution in [-0.4, -0.2) is 13.3 Å². The molecule has 0 radical (unpaired) electrons. The van der Waals surface area contributed by atoms with Crippen LogP contribution in [0.15, 0.2) is 42.1 Å². The van der Waals surface area contributed by atoms with Crippen molar-refractivity contribution in [1.82, 2.24) is 0 Å². The topological polar surface area (TPSA) is 20.3 Å². The summed E-state index contributed by atoms with van der Waals surface area (Å²) in [6.45, 7) is 0. The van der Waals surface area contributed by atoms with E-state index in [1.54, 1.807) is 6.08 Å². The minimum atomic E-state index is 0.810. The summed E-state index contributed by atoms with van der Waals surface area (Å²) in [7, 11) is 1.96. The fourth-order valence-corrected chi connectivity index (χ4v) is 1.60. The fraction of sp³-hybridized carbons (Fsp3) is 0.0833. The number of benzene rings is 1. The Bertz CT molecular complexity index is 418. The molecule has 0 unspecified atom stereocenters. The first-order valence-corrected chi connectivity index (χ1v) is 4.49. The van der Waals surface area contributed by atoms with E-state index in [1.807, 2.05) is 42.3 Å². The predicted molar refractivity (Wildman–Crippen MR) is 58.0 cm³/mol. The molecule has 2 heteroatoms. The fourth-order valence-electron chi connectivity index (χ4n) is 1.60. The maximum atomic E-state index is 10.4. The average Bonchev–Trinajstić information content (AvgIpc) is 2.23. The van der Waals surface area contributed by atoms with E-state index >= 15 is 0 Å². The lowest BCUT2D eigenvalue weighted by atomic mass is 10.1. The molecular formula is C12H11NO. The van der Waals surface area contributed by atoms with Crippen LogP contribution in [0.5, 0.6) is 0 Å². The van der Waals surface area contributed by atoms with Gasteiger partial charge in [-0.05, 0) is 17.7 Å². The van der Waals surface area contributed by atoms with Gasteiger partial charge in [-0.1, -0.05) is 24.3 Å². The number of rotatable bonds is 1. The zero-order chi connectivity index (χ0) is 9.97. The molecule has 1 aromatic carbocycles. The van der Waals surface area contributed by atoms with E-state index in [1.165, 1.54) is 5.56 Å². The van der Waals surface area contributed by atoms with Gasteiger partial charge >= 0.3 is 0 Å². The number of carbonyl (C=O) groups is 1. The molecule has 0 aromatic heterocycles. The van der Waals surface area contributed by atoms with Crippen LogP contribution >= 0.6 is 0 Å². The molecular weight excluding hydrogens is 174 g/mol. The third kappa shape index (κ3) is 1.35. The van der Waals surface area contributed by atoms with E-state index in [-0.39, 0.29) is 0 Å². The first kappa shape index (κ1) is 8.75. The van der Waals surface area contributed by atoms with Gasteiger partial charge in [0.1, 0.15) is 6.29 Å². The lowest BCUT2D eigenvalue weighted by molar-refractivity contribution is -0.104. The summed E-state index contributed by atoms with van der Waals surface area (Å²) in [5.41, 5.74) is 3.22. The Labute approximate surface area is 83.2 Å². The Morgan fingerprint density at radius 2 is 2.00 bits per heavy atom. The molecule has 0 fully saturated rings. The number of hydrogen-bond donors (Lipinski definition) is 0. The van der Waals surface area contributed by atoms with E-state index in [2.05, 4.69) is 6.07 Å². The molecule has 0 bridgehead atoms. The Morgan fingerprint density at radius 1 is 1.21 bits per heavy atom. The SMILES string of the molecule is CN1/C(=C\C=O)C=Cc2ccccc21. The van der Waals surface area contributed by atoms with Gasteiger partial charge in [-0.25, -0.2) is 0 Å². The standard InChI is InChI=1S/C12H11NO/c1-13-11(8-9-14)7-6-10-4-2-3-5-12(10)13/h2-9H,1H3/b11-8-. The smallest absolute Gasteiger partial charge is 0.144 e. The third-order valence-corrected chi connectivity index (χ3v) is 2.36. The molecule has 2 rings (SSSR count). The van der Waals surface area contributed by atoms with Gasteiger partial charge < -0.3 is 4.90 Å². The largest absolute Gasteiger partial charge is 0.344 e. The molecule has 1 aliphatic heterocycles. The van der Waals surface area contributed by atoms with Crippen molar-refractivity contribution in [3.05, 3.63) is 47.7 Å². The quantitative estimate of drug-likeness (QED) is 0.494. The van der Waals surface area contributed by atoms with Crippen molar-refractivity contribution >= 4 is 18.0 Å². The van der Waals surface area contributed by atoms with Crippen LogP contribution in [0.2, 0.25) is 0 Å². The molecule has 1 heterocycles. The summed E-state index contributed by atoms with van der Waals surface area (Å²) in [5.74, 6) is 0. The molecule has 0 N–H and O–H groups in total. The van der Waals surface area contributed by atoms with Crippen LogP contribution in [-0.2, 0) is 4.79 Å². The lowest BCUT2D eigenvalue weighted by Gasteiger charge is -2.25. The number of aldehydes is 1. The first-order chi connectivity index (χ1) is 6.83. The Hall–Kier alpha value is -1.83. The second-order valence-electron chi connectivity index (χ2n) is 3.18. The Morgan fingerprint density at radius 3 is 2.79 bits per heavy atom. The van der Waals surface area contributed by atoms with Gasteiger partial charge in [0.15, 0.2) is 0 Å². The third-order valence-electron chi connectivity index (χ3n) is 2.36. The molecule has 0 aliphatic carbocycles. The second-order valence-corrected chi connectivity index (χ2v) is 3.18. The highest BCUT2D eigenvalue weighted by Crippen LogP contribution is 2.28. The maximum Gasteiger partial charge on any atom is 0.144 e. The zero-order valence-corrected chi connectivity index (χ0v) is 7.97. The van der Waals surface area contributed by atoms with E-state index in [4.69, 9.17) is 0 Å². The lowest BCUT2D eigenvalue weighted by Crippen LogP contribution is -2.18. The molecule has 0 saturated carbocycles. The van der Waals surface area contributed by atoms with Gasteiger partial charge in [-0.2, -0.15) is 0 Å². The summed E-state index contributed by atoms with van der Waals surface area (Å²) in [5, 5.41) is 0. The highest BCUT2D eigenvalue weighted by Gasteiger charge is 2.11. The molecule has 0 amide bonds. The number of carbonyl (C=O) groups excluding carboxylic acids is 1. The van der Waals surface area contributed by atoms with Gasteiger partial charge in [0.25, 0.3) is 0 Å². The van der Waals surface area contributed by atoms with Crippen molar-refractivity contribution in [3.8, 4) is 0 Å². The Kier molecular flexibility index (Phi) is 2.19. The molecule has 0 saturated heterocycles. The molecule has 0 spiro atoms. The number of hydrogen-bond acceptors (Lipinski definition) is 2. The maximum absolute atomic E-state index is 10.4. The number of likely N-dealkylation sites (N-methyl/N-ethyl adjacent to an activating group) is 1. The van der Waals surface area contributed by atoms with Gasteiger partial charge in [-0.15, -0.1) is 0 Å². The first-order valence-electron chi connectivity index (χ1n) is 4.49. The average molecular weight is 185 g/mol. The minimum absolute atomic E-state index is 0.810. The van der Waals surface area contributed by atoms with Crippen LogP contribution < -0.4 is 4.90 Å². The van der Waals surface area contributed by atoms with Gasteiger partial charge in [0.05, 0.1) is 0 Å². The Balaban J connectivity index is 2.49. The van der Waals surface area contributed by atoms with Gasteiger partial charge in [0, 0.05) is 24.5 Å². The number of nitrogens with zero attached hydrogens (tertiary/aromatic N) is 1. The van der Waals surface area contributed by atoms with Crippen molar-refractivity contribution in [2.24, 2.45) is 0 Å². The number of para-hydroxylation sites is 1. The van der Waals surface area contributed by atoms with E-state index in [9.17, 15) is 4.79 Å². The molecule has 1 aromatic rings. The summed E-state index contributed by atoms with van der Waals surface area (Å²) >= 11 is 0.